The molecule has 1 aliphatic rings. The van der Waals surface area contributed by atoms with Crippen LogP contribution in [0.25, 0.3) is 10.9 Å². The maximum Gasteiger partial charge on any atom is 0.267 e. The number of pyridine rings is 2. The summed E-state index contributed by atoms with van der Waals surface area (Å²) in [6.45, 7) is 1.61. The molecule has 1 saturated heterocycles. The van der Waals surface area contributed by atoms with Crippen LogP contribution in [-0.2, 0) is 0 Å². The van der Waals surface area contributed by atoms with Gasteiger partial charge in [0.2, 0.25) is 0 Å². The summed E-state index contributed by atoms with van der Waals surface area (Å²) in [5.41, 5.74) is 7.74. The lowest BCUT2D eigenvalue weighted by Crippen LogP contribution is -2.38. The first-order chi connectivity index (χ1) is 13.6. The van der Waals surface area contributed by atoms with Crippen molar-refractivity contribution in [2.24, 2.45) is 5.73 Å². The summed E-state index contributed by atoms with van der Waals surface area (Å²) in [6, 6.07) is 15.2. The Kier molecular flexibility index (Phi) is 4.77. The van der Waals surface area contributed by atoms with Gasteiger partial charge in [0.05, 0.1) is 5.52 Å². The van der Waals surface area contributed by atoms with Crippen LogP contribution in [0.5, 0.6) is 5.75 Å². The number of nitriles is 1. The second-order valence-corrected chi connectivity index (χ2v) is 6.70. The first kappa shape index (κ1) is 17.7. The Balaban J connectivity index is 1.49. The predicted octanol–water partition coefficient (Wildman–Crippen LogP) is 2.65. The van der Waals surface area contributed by atoms with Crippen molar-refractivity contribution in [1.29, 1.82) is 5.26 Å². The van der Waals surface area contributed by atoms with Gasteiger partial charge < -0.3 is 15.4 Å². The fourth-order valence-electron chi connectivity index (χ4n) is 3.50. The molecule has 7 heteroatoms. The maximum absolute atomic E-state index is 11.3. The molecule has 28 heavy (non-hydrogen) atoms. The first-order valence-corrected chi connectivity index (χ1v) is 9.11. The van der Waals surface area contributed by atoms with Crippen LogP contribution >= 0.6 is 0 Å². The fraction of sp³-hybridized carbons (Fsp3) is 0.238. The average molecular weight is 373 g/mol. The second-order valence-electron chi connectivity index (χ2n) is 6.70. The van der Waals surface area contributed by atoms with E-state index in [9.17, 15) is 10.1 Å². The lowest BCUT2D eigenvalue weighted by molar-refractivity contribution is 0.0994. The molecule has 0 unspecified atom stereocenters. The third kappa shape index (κ3) is 3.58. The van der Waals surface area contributed by atoms with Crippen molar-refractivity contribution in [3.63, 3.8) is 0 Å². The third-order valence-corrected chi connectivity index (χ3v) is 4.88. The SMILES string of the molecule is N#Cc1cc(N2CCC(Oc3ccnc(C(N)=O)c3)CC2)c2ccccc2n1. The molecule has 0 aliphatic carbocycles. The van der Waals surface area contributed by atoms with Gasteiger partial charge in [0, 0.05) is 49.3 Å². The van der Waals surface area contributed by atoms with Gasteiger partial charge in [0.25, 0.3) is 5.91 Å². The van der Waals surface area contributed by atoms with E-state index in [1.165, 1.54) is 6.20 Å². The van der Waals surface area contributed by atoms with Crippen molar-refractivity contribution in [3.8, 4) is 11.8 Å². The molecule has 0 radical (unpaired) electrons. The Morgan fingerprint density at radius 1 is 1.21 bits per heavy atom. The number of carbonyl (C=O) groups excluding carboxylic acids is 1. The van der Waals surface area contributed by atoms with Crippen LogP contribution in [0.15, 0.2) is 48.7 Å². The minimum absolute atomic E-state index is 0.0444. The van der Waals surface area contributed by atoms with Crippen LogP contribution in [0.3, 0.4) is 0 Å². The number of carbonyl (C=O) groups is 1. The van der Waals surface area contributed by atoms with Crippen molar-refractivity contribution in [2.45, 2.75) is 18.9 Å². The predicted molar refractivity (Wildman–Crippen MR) is 105 cm³/mol. The molecular weight excluding hydrogens is 354 g/mol. The summed E-state index contributed by atoms with van der Waals surface area (Å²) in [7, 11) is 0. The van der Waals surface area contributed by atoms with Gasteiger partial charge in [0.1, 0.15) is 29.3 Å². The van der Waals surface area contributed by atoms with Crippen molar-refractivity contribution in [1.82, 2.24) is 9.97 Å². The van der Waals surface area contributed by atoms with E-state index in [-0.39, 0.29) is 11.8 Å². The maximum atomic E-state index is 11.3. The number of amides is 1. The Morgan fingerprint density at radius 2 is 2.00 bits per heavy atom. The highest BCUT2D eigenvalue weighted by molar-refractivity contribution is 5.92. The van der Waals surface area contributed by atoms with Crippen LogP contribution in [0.1, 0.15) is 29.0 Å². The van der Waals surface area contributed by atoms with Gasteiger partial charge in [-0.2, -0.15) is 5.26 Å². The monoisotopic (exact) mass is 373 g/mol. The van der Waals surface area contributed by atoms with E-state index < -0.39 is 5.91 Å². The number of para-hydroxylation sites is 1. The number of hydrogen-bond acceptors (Lipinski definition) is 6. The number of nitrogens with zero attached hydrogens (tertiary/aromatic N) is 4. The number of anilines is 1. The molecule has 3 heterocycles. The van der Waals surface area contributed by atoms with Gasteiger partial charge in [-0.1, -0.05) is 18.2 Å². The molecule has 4 rings (SSSR count). The molecule has 0 bridgehead atoms. The summed E-state index contributed by atoms with van der Waals surface area (Å²) in [5, 5.41) is 10.3. The lowest BCUT2D eigenvalue weighted by Gasteiger charge is -2.34. The third-order valence-electron chi connectivity index (χ3n) is 4.88. The Hall–Kier alpha value is -3.66. The summed E-state index contributed by atoms with van der Waals surface area (Å²) in [4.78, 5) is 21.9. The van der Waals surface area contributed by atoms with Gasteiger partial charge in [-0.05, 0) is 18.2 Å². The van der Waals surface area contributed by atoms with Crippen LogP contribution in [0.4, 0.5) is 5.69 Å². The molecule has 1 aromatic carbocycles. The lowest BCUT2D eigenvalue weighted by atomic mass is 10.0. The number of aromatic nitrogens is 2. The topological polar surface area (TPSA) is 105 Å². The van der Waals surface area contributed by atoms with E-state index in [4.69, 9.17) is 10.5 Å². The normalized spacial score (nSPS) is 14.6. The number of nitrogens with two attached hydrogens (primary N) is 1. The van der Waals surface area contributed by atoms with Crippen molar-refractivity contribution in [2.75, 3.05) is 18.0 Å². The van der Waals surface area contributed by atoms with E-state index in [0.717, 1.165) is 42.5 Å². The Labute approximate surface area is 162 Å². The molecule has 140 valence electrons. The zero-order valence-corrected chi connectivity index (χ0v) is 15.2. The van der Waals surface area contributed by atoms with Crippen LogP contribution in [0.2, 0.25) is 0 Å². The molecule has 3 aromatic rings. The van der Waals surface area contributed by atoms with Crippen molar-refractivity contribution in [3.05, 3.63) is 60.0 Å². The molecule has 2 N–H and O–H groups in total. The zero-order valence-electron chi connectivity index (χ0n) is 15.2. The van der Waals surface area contributed by atoms with Crippen LogP contribution in [0, 0.1) is 11.3 Å². The highest BCUT2D eigenvalue weighted by Gasteiger charge is 2.23. The highest BCUT2D eigenvalue weighted by Crippen LogP contribution is 2.30. The standard InChI is InChI=1S/C21H19N5O2/c22-13-14-11-20(17-3-1-2-4-18(17)25-14)26-9-6-15(7-10-26)28-16-5-8-24-19(12-16)21(23)27/h1-5,8,11-12,15H,6-7,9-10H2,(H2,23,27). The number of primary amides is 1. The summed E-state index contributed by atoms with van der Waals surface area (Å²) in [5.74, 6) is 0.0292. The molecule has 7 nitrogen and oxygen atoms in total. The number of rotatable bonds is 4. The number of hydrogen-bond donors (Lipinski definition) is 1. The largest absolute Gasteiger partial charge is 0.490 e. The smallest absolute Gasteiger partial charge is 0.267 e. The molecule has 1 amide bonds. The number of piperidine rings is 1. The first-order valence-electron chi connectivity index (χ1n) is 9.11. The zero-order chi connectivity index (χ0) is 19.5. The van der Waals surface area contributed by atoms with Gasteiger partial charge in [-0.15, -0.1) is 0 Å². The summed E-state index contributed by atoms with van der Waals surface area (Å²) >= 11 is 0. The quantitative estimate of drug-likeness (QED) is 0.754. The summed E-state index contributed by atoms with van der Waals surface area (Å²) < 4.78 is 6.02. The second kappa shape index (κ2) is 7.53. The van der Waals surface area contributed by atoms with E-state index in [2.05, 4.69) is 20.9 Å². The Bertz CT molecular complexity index is 1070. The van der Waals surface area contributed by atoms with Crippen molar-refractivity contribution >= 4 is 22.5 Å². The number of ether oxygens (including phenoxy) is 1. The molecule has 0 spiro atoms. The average Bonchev–Trinajstić information content (AvgIpc) is 2.73. The van der Waals surface area contributed by atoms with Gasteiger partial charge in [-0.3, -0.25) is 9.78 Å². The van der Waals surface area contributed by atoms with Gasteiger partial charge in [0.15, 0.2) is 0 Å². The molecule has 0 atom stereocenters. The molecule has 2 aromatic heterocycles. The fourth-order valence-corrected chi connectivity index (χ4v) is 3.50. The minimum Gasteiger partial charge on any atom is -0.490 e. The summed E-state index contributed by atoms with van der Waals surface area (Å²) in [6.07, 6.45) is 3.22. The minimum atomic E-state index is -0.571. The van der Waals surface area contributed by atoms with Gasteiger partial charge in [-0.25, -0.2) is 4.98 Å². The molecule has 0 saturated carbocycles. The van der Waals surface area contributed by atoms with E-state index >= 15 is 0 Å². The highest BCUT2D eigenvalue weighted by atomic mass is 16.5. The Morgan fingerprint density at radius 3 is 2.75 bits per heavy atom. The molecule has 1 fully saturated rings. The van der Waals surface area contributed by atoms with Crippen molar-refractivity contribution < 1.29 is 9.53 Å². The van der Waals surface area contributed by atoms with Crippen LogP contribution < -0.4 is 15.4 Å². The van der Waals surface area contributed by atoms with Crippen LogP contribution in [-0.4, -0.2) is 35.1 Å². The number of benzene rings is 1. The number of fused-ring (bicyclic) bond motifs is 1. The van der Waals surface area contributed by atoms with E-state index in [0.29, 0.717) is 11.4 Å². The molecular formula is C21H19N5O2. The van der Waals surface area contributed by atoms with E-state index in [1.54, 1.807) is 12.1 Å². The van der Waals surface area contributed by atoms with Gasteiger partial charge >= 0.3 is 0 Å². The molecule has 1 aliphatic heterocycles. The van der Waals surface area contributed by atoms with E-state index in [1.807, 2.05) is 30.3 Å².